The van der Waals surface area contributed by atoms with Crippen LogP contribution < -0.4 is 0 Å². The Morgan fingerprint density at radius 2 is 2.09 bits per heavy atom. The molecule has 122 valence electrons. The number of Topliss-reactive ketones (excluding diaryl/α,β-unsaturated/α-hetero) is 1. The van der Waals surface area contributed by atoms with Crippen molar-refractivity contribution in [2.45, 2.75) is 58.8 Å². The lowest BCUT2D eigenvalue weighted by Crippen LogP contribution is -2.54. The molecular formula is C19H28O3. The van der Waals surface area contributed by atoms with Crippen LogP contribution in [0.15, 0.2) is 11.6 Å². The molecule has 0 spiro atoms. The zero-order valence-corrected chi connectivity index (χ0v) is 13.8. The summed E-state index contributed by atoms with van der Waals surface area (Å²) < 4.78 is 0. The molecule has 3 aliphatic carbocycles. The maximum atomic E-state index is 12.6. The van der Waals surface area contributed by atoms with E-state index < -0.39 is 0 Å². The van der Waals surface area contributed by atoms with Crippen molar-refractivity contribution < 1.29 is 14.7 Å². The zero-order valence-electron chi connectivity index (χ0n) is 13.8. The van der Waals surface area contributed by atoms with Gasteiger partial charge in [-0.05, 0) is 60.3 Å². The first kappa shape index (κ1) is 15.9. The minimum Gasteiger partial charge on any atom is -0.396 e. The van der Waals surface area contributed by atoms with E-state index in [-0.39, 0.29) is 29.1 Å². The molecule has 3 heteroatoms. The number of carbonyl (C=O) groups is 2. The van der Waals surface area contributed by atoms with Gasteiger partial charge >= 0.3 is 0 Å². The number of hydrogen-bond acceptors (Lipinski definition) is 3. The van der Waals surface area contributed by atoms with E-state index in [1.165, 1.54) is 0 Å². The Hall–Kier alpha value is -0.960. The molecule has 0 aromatic carbocycles. The standard InChI is InChI=1S/C19H28O3/c1-18(12-21)8-3-9-19(2)15-6-4-13(11-20)10-16(22)14(15)5-7-17(18)19/h4,11,14-15,17,21H,3,5-10,12H2,1-2H3. The Kier molecular flexibility index (Phi) is 4.05. The van der Waals surface area contributed by atoms with Gasteiger partial charge in [-0.1, -0.05) is 26.3 Å². The van der Waals surface area contributed by atoms with Crippen molar-refractivity contribution in [3.63, 3.8) is 0 Å². The van der Waals surface area contributed by atoms with Gasteiger partial charge in [0, 0.05) is 18.9 Å². The fourth-order valence-corrected chi connectivity index (χ4v) is 5.93. The molecule has 0 aliphatic heterocycles. The quantitative estimate of drug-likeness (QED) is 0.796. The van der Waals surface area contributed by atoms with Gasteiger partial charge in [0.15, 0.2) is 0 Å². The molecule has 0 amide bonds. The fraction of sp³-hybridized carbons (Fsp3) is 0.789. The lowest BCUT2D eigenvalue weighted by Gasteiger charge is -2.59. The van der Waals surface area contributed by atoms with Crippen LogP contribution in [0.4, 0.5) is 0 Å². The molecule has 0 radical (unpaired) electrons. The minimum atomic E-state index is -0.00940. The van der Waals surface area contributed by atoms with Gasteiger partial charge in [0.2, 0.25) is 0 Å². The molecule has 2 saturated carbocycles. The molecule has 3 aliphatic rings. The second-order valence-electron chi connectivity index (χ2n) is 8.29. The summed E-state index contributed by atoms with van der Waals surface area (Å²) in [4.78, 5) is 23.7. The Morgan fingerprint density at radius 1 is 1.32 bits per heavy atom. The molecule has 3 rings (SSSR count). The molecule has 0 aromatic rings. The summed E-state index contributed by atoms with van der Waals surface area (Å²) in [5.41, 5.74) is 0.772. The number of aliphatic hydroxyl groups is 1. The van der Waals surface area contributed by atoms with Crippen molar-refractivity contribution in [3.8, 4) is 0 Å². The fourth-order valence-electron chi connectivity index (χ4n) is 5.93. The van der Waals surface area contributed by atoms with Gasteiger partial charge in [0.05, 0.1) is 0 Å². The number of rotatable bonds is 2. The molecular weight excluding hydrogens is 276 g/mol. The molecule has 0 heterocycles. The van der Waals surface area contributed by atoms with Gasteiger partial charge in [0.25, 0.3) is 0 Å². The van der Waals surface area contributed by atoms with E-state index in [9.17, 15) is 14.7 Å². The monoisotopic (exact) mass is 304 g/mol. The molecule has 0 bridgehead atoms. The highest BCUT2D eigenvalue weighted by Crippen LogP contribution is 2.62. The van der Waals surface area contributed by atoms with Crippen LogP contribution in [0.5, 0.6) is 0 Å². The number of carbonyl (C=O) groups excluding carboxylic acids is 2. The van der Waals surface area contributed by atoms with Gasteiger partial charge in [-0.3, -0.25) is 9.59 Å². The highest BCUT2D eigenvalue weighted by Gasteiger charge is 2.56. The normalized spacial score (nSPS) is 45.3. The first-order chi connectivity index (χ1) is 10.4. The predicted molar refractivity (Wildman–Crippen MR) is 85.2 cm³/mol. The van der Waals surface area contributed by atoms with Crippen molar-refractivity contribution in [2.24, 2.45) is 28.6 Å². The largest absolute Gasteiger partial charge is 0.396 e. The molecule has 0 aromatic heterocycles. The second-order valence-corrected chi connectivity index (χ2v) is 8.29. The maximum absolute atomic E-state index is 12.6. The van der Waals surface area contributed by atoms with E-state index in [1.807, 2.05) is 6.08 Å². The summed E-state index contributed by atoms with van der Waals surface area (Å²) >= 11 is 0. The number of allylic oxidation sites excluding steroid dienone is 2. The topological polar surface area (TPSA) is 54.4 Å². The Balaban J connectivity index is 1.97. The highest BCUT2D eigenvalue weighted by molar-refractivity contribution is 5.91. The summed E-state index contributed by atoms with van der Waals surface area (Å²) in [6.07, 6.45) is 9.36. The van der Waals surface area contributed by atoms with E-state index in [4.69, 9.17) is 0 Å². The summed E-state index contributed by atoms with van der Waals surface area (Å²) in [7, 11) is 0. The highest BCUT2D eigenvalue weighted by atomic mass is 16.3. The third kappa shape index (κ3) is 2.29. The number of hydrogen-bond donors (Lipinski definition) is 1. The molecule has 5 unspecified atom stereocenters. The third-order valence-corrected chi connectivity index (χ3v) is 7.14. The van der Waals surface area contributed by atoms with Gasteiger partial charge in [-0.25, -0.2) is 0 Å². The van der Waals surface area contributed by atoms with Crippen LogP contribution in [0.2, 0.25) is 0 Å². The van der Waals surface area contributed by atoms with Crippen LogP contribution in [0.3, 0.4) is 0 Å². The van der Waals surface area contributed by atoms with E-state index in [0.717, 1.165) is 44.8 Å². The predicted octanol–water partition coefficient (Wildman–Crippen LogP) is 3.31. The van der Waals surface area contributed by atoms with Crippen LogP contribution in [0, 0.1) is 28.6 Å². The van der Waals surface area contributed by atoms with Crippen molar-refractivity contribution in [3.05, 3.63) is 11.6 Å². The van der Waals surface area contributed by atoms with Crippen LogP contribution >= 0.6 is 0 Å². The van der Waals surface area contributed by atoms with E-state index >= 15 is 0 Å². The van der Waals surface area contributed by atoms with Crippen molar-refractivity contribution in [2.75, 3.05) is 6.61 Å². The maximum Gasteiger partial charge on any atom is 0.146 e. The number of fused-ring (bicyclic) bond motifs is 3. The van der Waals surface area contributed by atoms with Crippen molar-refractivity contribution in [1.82, 2.24) is 0 Å². The third-order valence-electron chi connectivity index (χ3n) is 7.14. The second kappa shape index (κ2) is 5.59. The Bertz CT molecular complexity index is 509. The van der Waals surface area contributed by atoms with Gasteiger partial charge in [-0.2, -0.15) is 0 Å². The molecule has 3 nitrogen and oxygen atoms in total. The summed E-state index contributed by atoms with van der Waals surface area (Å²) in [5.74, 6) is 1.19. The molecule has 1 N–H and O–H groups in total. The smallest absolute Gasteiger partial charge is 0.146 e. The average Bonchev–Trinajstić information content (AvgIpc) is 2.67. The van der Waals surface area contributed by atoms with Crippen LogP contribution in [-0.2, 0) is 9.59 Å². The summed E-state index contributed by atoms with van der Waals surface area (Å²) in [5, 5.41) is 9.96. The van der Waals surface area contributed by atoms with E-state index in [2.05, 4.69) is 13.8 Å². The molecule has 2 fully saturated rings. The lowest BCUT2D eigenvalue weighted by molar-refractivity contribution is -0.143. The average molecular weight is 304 g/mol. The molecule has 22 heavy (non-hydrogen) atoms. The first-order valence-electron chi connectivity index (χ1n) is 8.72. The zero-order chi connectivity index (χ0) is 16.0. The van der Waals surface area contributed by atoms with E-state index in [1.54, 1.807) is 0 Å². The summed E-state index contributed by atoms with van der Waals surface area (Å²) in [6.45, 7) is 4.81. The first-order valence-corrected chi connectivity index (χ1v) is 8.72. The van der Waals surface area contributed by atoms with Crippen molar-refractivity contribution >= 4 is 12.1 Å². The van der Waals surface area contributed by atoms with Crippen LogP contribution in [0.25, 0.3) is 0 Å². The molecule has 5 atom stereocenters. The van der Waals surface area contributed by atoms with E-state index in [0.29, 0.717) is 23.8 Å². The van der Waals surface area contributed by atoms with Gasteiger partial charge in [0.1, 0.15) is 12.1 Å². The number of ketones is 1. The van der Waals surface area contributed by atoms with Crippen molar-refractivity contribution in [1.29, 1.82) is 0 Å². The number of aliphatic hydroxyl groups excluding tert-OH is 1. The molecule has 0 saturated heterocycles. The SMILES string of the molecule is CC1(CO)CCCC2(C)C3CC=C(C=O)CC(=O)C3CCC12. The minimum absolute atomic E-state index is 0.00940. The number of aldehydes is 1. The summed E-state index contributed by atoms with van der Waals surface area (Å²) in [6, 6.07) is 0. The van der Waals surface area contributed by atoms with Crippen LogP contribution in [-0.4, -0.2) is 23.8 Å². The lowest BCUT2D eigenvalue weighted by atomic mass is 9.45. The Morgan fingerprint density at radius 3 is 2.77 bits per heavy atom. The Labute approximate surface area is 133 Å². The van der Waals surface area contributed by atoms with Crippen LogP contribution in [0.1, 0.15) is 58.8 Å². The van der Waals surface area contributed by atoms with Gasteiger partial charge in [-0.15, -0.1) is 0 Å². The van der Waals surface area contributed by atoms with Gasteiger partial charge < -0.3 is 5.11 Å².